The van der Waals surface area contributed by atoms with Gasteiger partial charge in [-0.25, -0.2) is 0 Å². The van der Waals surface area contributed by atoms with E-state index in [1.54, 1.807) is 12.1 Å². The fraction of sp³-hybridized carbons (Fsp3) is 0.0526. The van der Waals surface area contributed by atoms with Crippen LogP contribution in [0.3, 0.4) is 0 Å². The minimum atomic E-state index is 0.335. The van der Waals surface area contributed by atoms with Gasteiger partial charge in [-0.2, -0.15) is 10.5 Å². The Bertz CT molecular complexity index is 2350. The summed E-state index contributed by atoms with van der Waals surface area (Å²) in [4.78, 5) is 0. The zero-order chi connectivity index (χ0) is 28.8. The molecule has 0 aliphatic carbocycles. The molecule has 0 aliphatic heterocycles. The van der Waals surface area contributed by atoms with E-state index in [1.165, 1.54) is 0 Å². The second-order valence-corrected chi connectivity index (χ2v) is 9.99. The topological polar surface area (TPSA) is 57.4 Å². The Balaban J connectivity index is 1.55. The van der Waals surface area contributed by atoms with Crippen molar-refractivity contribution in [2.75, 3.05) is 0 Å². The van der Waals surface area contributed by atoms with Gasteiger partial charge in [-0.15, -0.1) is 0 Å². The van der Waals surface area contributed by atoms with E-state index in [0.29, 0.717) is 11.1 Å². The van der Waals surface area contributed by atoms with Crippen LogP contribution in [-0.4, -0.2) is 9.13 Å². The van der Waals surface area contributed by atoms with Crippen molar-refractivity contribution >= 4 is 49.3 Å². The summed E-state index contributed by atoms with van der Waals surface area (Å²) < 4.78 is 4.40. The van der Waals surface area contributed by atoms with Crippen molar-refractivity contribution in [2.45, 2.75) is 13.8 Å². The van der Waals surface area contributed by atoms with Crippen LogP contribution < -0.4 is 0 Å². The summed E-state index contributed by atoms with van der Waals surface area (Å²) >= 11 is 0. The van der Waals surface area contributed by atoms with Gasteiger partial charge in [0.1, 0.15) is 12.1 Å². The minimum absolute atomic E-state index is 0.335. The van der Waals surface area contributed by atoms with E-state index in [4.69, 9.17) is 0 Å². The molecule has 0 atom stereocenters. The first-order chi connectivity index (χ1) is 20.7. The van der Waals surface area contributed by atoms with Crippen LogP contribution in [0.15, 0.2) is 97.1 Å². The highest BCUT2D eigenvalue weighted by Crippen LogP contribution is 2.39. The average Bonchev–Trinajstić information content (AvgIpc) is 3.56. The lowest BCUT2D eigenvalue weighted by Crippen LogP contribution is -1.96. The van der Waals surface area contributed by atoms with E-state index in [-0.39, 0.29) is 0 Å². The molecule has 0 N–H and O–H groups in total. The zero-order valence-electron chi connectivity index (χ0n) is 23.0. The second-order valence-electron chi connectivity index (χ2n) is 9.99. The maximum atomic E-state index is 9.73. The smallest absolute Gasteiger partial charge is 0.101 e. The Morgan fingerprint density at radius 2 is 1.57 bits per heavy atom. The summed E-state index contributed by atoms with van der Waals surface area (Å²) in [5, 5.41) is 23.3. The molecule has 0 bridgehead atoms. The third kappa shape index (κ3) is 3.58. The van der Waals surface area contributed by atoms with Crippen molar-refractivity contribution in [3.8, 4) is 29.0 Å². The van der Waals surface area contributed by atoms with Gasteiger partial charge in [-0.05, 0) is 68.5 Å². The predicted molar refractivity (Wildman–Crippen MR) is 169 cm³/mol. The first-order valence-corrected chi connectivity index (χ1v) is 13.7. The van der Waals surface area contributed by atoms with Gasteiger partial charge in [0, 0.05) is 33.3 Å². The number of allylic oxidation sites excluding steroid dienone is 4. The van der Waals surface area contributed by atoms with Crippen LogP contribution in [0.25, 0.3) is 66.1 Å². The number of aromatic nitrogens is 2. The molecule has 4 heteroatoms. The Kier molecular flexibility index (Phi) is 5.77. The zero-order valence-corrected chi connectivity index (χ0v) is 23.0. The van der Waals surface area contributed by atoms with Crippen LogP contribution in [0, 0.1) is 46.9 Å². The SMILES string of the molecule is C/C=C\C(=C/C)n1c2ccccc2c2c(-c3c#cc4c5c#cccc5n(-c5ccc(C#N)c(C#N)c5)c4c3)cccc21. The number of fused-ring (bicyclic) bond motifs is 6. The molecular formula is C38H22N4. The van der Waals surface area contributed by atoms with Gasteiger partial charge in [0.15, 0.2) is 0 Å². The predicted octanol–water partition coefficient (Wildman–Crippen LogP) is 8.94. The van der Waals surface area contributed by atoms with Crippen LogP contribution in [0.4, 0.5) is 0 Å². The molecule has 0 saturated heterocycles. The van der Waals surface area contributed by atoms with E-state index >= 15 is 0 Å². The number of nitriles is 2. The number of benzene rings is 3. The number of nitrogens with zero attached hydrogens (tertiary/aromatic N) is 4. The molecular weight excluding hydrogens is 512 g/mol. The van der Waals surface area contributed by atoms with Crippen molar-refractivity contribution in [2.24, 2.45) is 0 Å². The van der Waals surface area contributed by atoms with Crippen molar-refractivity contribution in [1.29, 1.82) is 10.5 Å². The van der Waals surface area contributed by atoms with E-state index < -0.39 is 0 Å². The monoisotopic (exact) mass is 534 g/mol. The van der Waals surface area contributed by atoms with Crippen molar-refractivity contribution in [3.63, 3.8) is 0 Å². The lowest BCUT2D eigenvalue weighted by atomic mass is 9.99. The lowest BCUT2D eigenvalue weighted by Gasteiger charge is -2.10. The molecule has 0 aliphatic rings. The maximum Gasteiger partial charge on any atom is 0.101 e. The first kappa shape index (κ1) is 24.8. The average molecular weight is 535 g/mol. The molecule has 0 amide bonds. The fourth-order valence-corrected chi connectivity index (χ4v) is 5.97. The highest BCUT2D eigenvalue weighted by molar-refractivity contribution is 6.17. The summed E-state index contributed by atoms with van der Waals surface area (Å²) in [5.41, 5.74) is 8.62. The van der Waals surface area contributed by atoms with Crippen molar-refractivity contribution < 1.29 is 0 Å². The summed E-state index contributed by atoms with van der Waals surface area (Å²) in [6.45, 7) is 4.09. The molecule has 0 spiro atoms. The highest BCUT2D eigenvalue weighted by Gasteiger charge is 2.18. The highest BCUT2D eigenvalue weighted by atomic mass is 15.0. The summed E-state index contributed by atoms with van der Waals surface area (Å²) in [7, 11) is 0. The van der Waals surface area contributed by atoms with Gasteiger partial charge in [0.25, 0.3) is 0 Å². The summed E-state index contributed by atoms with van der Waals surface area (Å²) in [6, 6.07) is 43.6. The van der Waals surface area contributed by atoms with Crippen LogP contribution in [-0.2, 0) is 0 Å². The number of rotatable bonds is 4. The second kappa shape index (κ2) is 9.77. The molecule has 2 heterocycles. The molecule has 7 aromatic rings. The summed E-state index contributed by atoms with van der Waals surface area (Å²) in [5.74, 6) is 0. The third-order valence-corrected chi connectivity index (χ3v) is 7.75. The van der Waals surface area contributed by atoms with Gasteiger partial charge in [0.2, 0.25) is 0 Å². The Morgan fingerprint density at radius 1 is 0.762 bits per heavy atom. The first-order valence-electron chi connectivity index (χ1n) is 13.7. The summed E-state index contributed by atoms with van der Waals surface area (Å²) in [6.07, 6.45) is 6.32. The van der Waals surface area contributed by atoms with E-state index in [9.17, 15) is 10.5 Å². The Morgan fingerprint density at radius 3 is 2.38 bits per heavy atom. The fourth-order valence-electron chi connectivity index (χ4n) is 5.97. The molecule has 5 aromatic carbocycles. The van der Waals surface area contributed by atoms with E-state index in [0.717, 1.165) is 66.1 Å². The van der Waals surface area contributed by atoms with Crippen molar-refractivity contribution in [1.82, 2.24) is 9.13 Å². The molecule has 0 radical (unpaired) electrons. The van der Waals surface area contributed by atoms with Crippen molar-refractivity contribution in [3.05, 3.63) is 132 Å². The van der Waals surface area contributed by atoms with E-state index in [1.807, 2.05) is 25.1 Å². The normalized spacial score (nSPS) is 11.7. The van der Waals surface area contributed by atoms with Gasteiger partial charge in [0.05, 0.1) is 44.0 Å². The van der Waals surface area contributed by atoms with Gasteiger partial charge in [-0.3, -0.25) is 0 Å². The lowest BCUT2D eigenvalue weighted by molar-refractivity contribution is 1.17. The maximum absolute atomic E-state index is 9.73. The number of para-hydroxylation sites is 1. The molecule has 194 valence electrons. The van der Waals surface area contributed by atoms with Gasteiger partial charge >= 0.3 is 0 Å². The Hall–Kier alpha value is -6.20. The van der Waals surface area contributed by atoms with Crippen LogP contribution in [0.1, 0.15) is 25.0 Å². The van der Waals surface area contributed by atoms with Gasteiger partial charge < -0.3 is 9.13 Å². The molecule has 4 nitrogen and oxygen atoms in total. The van der Waals surface area contributed by atoms with Crippen LogP contribution in [0.2, 0.25) is 0 Å². The molecule has 42 heavy (non-hydrogen) atoms. The number of hydrogen-bond acceptors (Lipinski definition) is 2. The molecule has 2 aromatic heterocycles. The minimum Gasteiger partial charge on any atom is -0.310 e. The molecule has 7 rings (SSSR count). The largest absolute Gasteiger partial charge is 0.310 e. The van der Waals surface area contributed by atoms with Gasteiger partial charge in [-0.1, -0.05) is 66.7 Å². The van der Waals surface area contributed by atoms with Crippen LogP contribution >= 0.6 is 0 Å². The molecule has 0 unspecified atom stereocenters. The van der Waals surface area contributed by atoms with Crippen LogP contribution in [0.5, 0.6) is 0 Å². The Labute approximate surface area is 243 Å². The van der Waals surface area contributed by atoms with E-state index in [2.05, 4.69) is 119 Å². The molecule has 0 saturated carbocycles. The quantitative estimate of drug-likeness (QED) is 0.212. The molecule has 0 fully saturated rings. The standard InChI is InChI=1S/C38H22N4/c1-3-10-28(4-2)41-35-15-8-6-12-33(35)38-30(13-9-16-36(38)41)25-18-20-32-31-11-5-7-14-34(31)42(37(32)22-25)29-19-17-26(23-39)27(21-29)24-40/h3-4,6-10,12-17,19,21-22H,1-2H3/b10-3-,28-4+. The third-order valence-electron chi connectivity index (χ3n) is 7.75. The number of hydrogen-bond donors (Lipinski definition) is 0.